The number of benzene rings is 1. The molecule has 6 nitrogen and oxygen atoms in total. The van der Waals surface area contributed by atoms with Crippen LogP contribution in [0.15, 0.2) is 40.8 Å². The lowest BCUT2D eigenvalue weighted by Gasteiger charge is -2.11. The summed E-state index contributed by atoms with van der Waals surface area (Å²) in [5, 5.41) is 2.68. The fraction of sp³-hybridized carbons (Fsp3) is 0.250. The number of nitrogens with two attached hydrogens (primary N) is 1. The second-order valence-corrected chi connectivity index (χ2v) is 4.78. The van der Waals surface area contributed by atoms with Gasteiger partial charge in [-0.1, -0.05) is 30.3 Å². The van der Waals surface area contributed by atoms with Crippen molar-refractivity contribution in [2.45, 2.75) is 19.5 Å². The molecular formula is C16H19ClN2O4. The van der Waals surface area contributed by atoms with Gasteiger partial charge >= 0.3 is 5.97 Å². The van der Waals surface area contributed by atoms with E-state index in [9.17, 15) is 9.59 Å². The molecule has 0 aliphatic carbocycles. The van der Waals surface area contributed by atoms with E-state index in [1.165, 1.54) is 7.11 Å². The quantitative estimate of drug-likeness (QED) is 0.814. The van der Waals surface area contributed by atoms with Crippen LogP contribution in [-0.4, -0.2) is 19.0 Å². The molecule has 0 aliphatic rings. The summed E-state index contributed by atoms with van der Waals surface area (Å²) in [6, 6.07) is 9.87. The lowest BCUT2D eigenvalue weighted by molar-refractivity contribution is -0.122. The van der Waals surface area contributed by atoms with E-state index in [1.54, 1.807) is 25.1 Å². The van der Waals surface area contributed by atoms with Crippen molar-refractivity contribution in [2.75, 3.05) is 7.11 Å². The highest BCUT2D eigenvalue weighted by molar-refractivity contribution is 5.90. The molecule has 0 spiro atoms. The molecule has 0 saturated heterocycles. The molecule has 1 aromatic heterocycles. The van der Waals surface area contributed by atoms with E-state index < -0.39 is 12.0 Å². The van der Waals surface area contributed by atoms with Crippen LogP contribution in [0.5, 0.6) is 0 Å². The Hall–Kier alpha value is -2.31. The summed E-state index contributed by atoms with van der Waals surface area (Å²) >= 11 is 0. The van der Waals surface area contributed by atoms with Crippen molar-refractivity contribution in [1.29, 1.82) is 0 Å². The van der Waals surface area contributed by atoms with Gasteiger partial charge in [-0.05, 0) is 18.6 Å². The first kappa shape index (κ1) is 18.7. The molecule has 1 unspecified atom stereocenters. The molecule has 2 aromatic rings. The van der Waals surface area contributed by atoms with Gasteiger partial charge in [0.1, 0.15) is 23.1 Å². The number of ether oxygens (including phenoxy) is 1. The lowest BCUT2D eigenvalue weighted by Crippen LogP contribution is -2.33. The summed E-state index contributed by atoms with van der Waals surface area (Å²) in [6.45, 7) is 1.81. The number of hydrogen-bond acceptors (Lipinski definition) is 5. The molecule has 23 heavy (non-hydrogen) atoms. The number of carbonyl (C=O) groups excluding carboxylic acids is 2. The number of methoxy groups -OCH3 is 1. The van der Waals surface area contributed by atoms with Gasteiger partial charge in [-0.2, -0.15) is 0 Å². The normalized spacial score (nSPS) is 11.3. The van der Waals surface area contributed by atoms with Crippen LogP contribution in [-0.2, 0) is 16.1 Å². The number of halogens is 1. The van der Waals surface area contributed by atoms with E-state index in [-0.39, 0.29) is 24.9 Å². The van der Waals surface area contributed by atoms with Crippen LogP contribution in [0.1, 0.15) is 33.5 Å². The van der Waals surface area contributed by atoms with Gasteiger partial charge < -0.3 is 20.2 Å². The predicted molar refractivity (Wildman–Crippen MR) is 87.2 cm³/mol. The highest BCUT2D eigenvalue weighted by Crippen LogP contribution is 2.16. The van der Waals surface area contributed by atoms with E-state index in [0.717, 1.165) is 5.56 Å². The maximum atomic E-state index is 12.0. The first-order valence-corrected chi connectivity index (χ1v) is 6.78. The molecule has 0 aliphatic heterocycles. The first-order valence-electron chi connectivity index (χ1n) is 6.78. The summed E-state index contributed by atoms with van der Waals surface area (Å²) in [4.78, 5) is 23.5. The standard InChI is InChI=1S/C16H18N2O4.ClH/c1-10-13(16(20)21-2)8-12(22-10)9-18-15(19)14(17)11-6-4-3-5-7-11;/h3-8,14H,9,17H2,1-2H3,(H,18,19);1H. The number of nitrogens with one attached hydrogen (secondary N) is 1. The van der Waals surface area contributed by atoms with Crippen molar-refractivity contribution in [1.82, 2.24) is 5.32 Å². The van der Waals surface area contributed by atoms with Crippen LogP contribution in [0, 0.1) is 6.92 Å². The third kappa shape index (κ3) is 4.58. The topological polar surface area (TPSA) is 94.6 Å². The number of rotatable bonds is 5. The van der Waals surface area contributed by atoms with Gasteiger partial charge in [0.2, 0.25) is 5.91 Å². The van der Waals surface area contributed by atoms with Crippen molar-refractivity contribution < 1.29 is 18.7 Å². The fourth-order valence-electron chi connectivity index (χ4n) is 2.04. The van der Waals surface area contributed by atoms with Crippen LogP contribution >= 0.6 is 12.4 Å². The Balaban J connectivity index is 0.00000264. The Morgan fingerprint density at radius 2 is 1.96 bits per heavy atom. The second kappa shape index (κ2) is 8.36. The second-order valence-electron chi connectivity index (χ2n) is 4.78. The summed E-state index contributed by atoms with van der Waals surface area (Å²) in [5.74, 6) is 0.120. The van der Waals surface area contributed by atoms with E-state index in [0.29, 0.717) is 17.1 Å². The number of carbonyl (C=O) groups is 2. The number of amides is 1. The van der Waals surface area contributed by atoms with Crippen LogP contribution in [0.4, 0.5) is 0 Å². The molecule has 2 rings (SSSR count). The molecule has 0 saturated carbocycles. The van der Waals surface area contributed by atoms with Gasteiger partial charge in [-0.15, -0.1) is 12.4 Å². The molecule has 1 heterocycles. The summed E-state index contributed by atoms with van der Waals surface area (Å²) in [5.41, 5.74) is 6.96. The molecule has 124 valence electrons. The van der Waals surface area contributed by atoms with Gasteiger partial charge in [0.05, 0.1) is 13.7 Å². The zero-order valence-electron chi connectivity index (χ0n) is 12.9. The minimum Gasteiger partial charge on any atom is -0.465 e. The average molecular weight is 339 g/mol. The average Bonchev–Trinajstić information content (AvgIpc) is 2.92. The smallest absolute Gasteiger partial charge is 0.341 e. The number of esters is 1. The molecule has 1 atom stereocenters. The number of aryl methyl sites for hydroxylation is 1. The van der Waals surface area contributed by atoms with Crippen molar-refractivity contribution in [3.63, 3.8) is 0 Å². The summed E-state index contributed by atoms with van der Waals surface area (Å²) in [6.07, 6.45) is 0. The Kier molecular flexibility index (Phi) is 6.81. The fourth-order valence-corrected chi connectivity index (χ4v) is 2.04. The van der Waals surface area contributed by atoms with E-state index in [1.807, 2.05) is 18.2 Å². The highest BCUT2D eigenvalue weighted by Gasteiger charge is 2.18. The Morgan fingerprint density at radius 1 is 1.30 bits per heavy atom. The Morgan fingerprint density at radius 3 is 2.57 bits per heavy atom. The maximum Gasteiger partial charge on any atom is 0.341 e. The van der Waals surface area contributed by atoms with Gasteiger partial charge in [0.25, 0.3) is 0 Å². The van der Waals surface area contributed by atoms with Crippen LogP contribution < -0.4 is 11.1 Å². The van der Waals surface area contributed by atoms with Gasteiger partial charge in [-0.3, -0.25) is 4.79 Å². The molecule has 3 N–H and O–H groups in total. The predicted octanol–water partition coefficient (Wildman–Crippen LogP) is 2.11. The van der Waals surface area contributed by atoms with Gasteiger partial charge in [0.15, 0.2) is 0 Å². The summed E-state index contributed by atoms with van der Waals surface area (Å²) < 4.78 is 10.1. The summed E-state index contributed by atoms with van der Waals surface area (Å²) in [7, 11) is 1.30. The Bertz CT molecular complexity index is 670. The maximum absolute atomic E-state index is 12.0. The van der Waals surface area contributed by atoms with E-state index in [2.05, 4.69) is 10.1 Å². The minimum atomic E-state index is -0.752. The Labute approximate surface area is 140 Å². The molecule has 1 aromatic carbocycles. The third-order valence-corrected chi connectivity index (χ3v) is 3.25. The van der Waals surface area contributed by atoms with Crippen molar-refractivity contribution in [2.24, 2.45) is 5.73 Å². The van der Waals surface area contributed by atoms with Crippen LogP contribution in [0.3, 0.4) is 0 Å². The SMILES string of the molecule is COC(=O)c1cc(CNC(=O)C(N)c2ccccc2)oc1C.Cl. The van der Waals surface area contributed by atoms with Crippen molar-refractivity contribution in [3.05, 3.63) is 59.0 Å². The van der Waals surface area contributed by atoms with Crippen molar-refractivity contribution in [3.8, 4) is 0 Å². The van der Waals surface area contributed by atoms with E-state index >= 15 is 0 Å². The third-order valence-electron chi connectivity index (χ3n) is 3.25. The molecule has 0 fully saturated rings. The molecule has 0 bridgehead atoms. The molecular weight excluding hydrogens is 320 g/mol. The van der Waals surface area contributed by atoms with Gasteiger partial charge in [-0.25, -0.2) is 4.79 Å². The largest absolute Gasteiger partial charge is 0.465 e. The molecule has 7 heteroatoms. The van der Waals surface area contributed by atoms with E-state index in [4.69, 9.17) is 10.2 Å². The van der Waals surface area contributed by atoms with Crippen LogP contribution in [0.25, 0.3) is 0 Å². The molecule has 1 amide bonds. The zero-order chi connectivity index (χ0) is 16.1. The van der Waals surface area contributed by atoms with Crippen molar-refractivity contribution >= 4 is 24.3 Å². The lowest BCUT2D eigenvalue weighted by atomic mass is 10.1. The van der Waals surface area contributed by atoms with Crippen LogP contribution in [0.2, 0.25) is 0 Å². The number of hydrogen-bond donors (Lipinski definition) is 2. The molecule has 0 radical (unpaired) electrons. The highest BCUT2D eigenvalue weighted by atomic mass is 35.5. The number of furan rings is 1. The van der Waals surface area contributed by atoms with Gasteiger partial charge in [0, 0.05) is 0 Å². The first-order chi connectivity index (χ1) is 10.5. The zero-order valence-corrected chi connectivity index (χ0v) is 13.7. The minimum absolute atomic E-state index is 0. The monoisotopic (exact) mass is 338 g/mol.